The number of benzene rings is 2. The summed E-state index contributed by atoms with van der Waals surface area (Å²) in [7, 11) is 0. The summed E-state index contributed by atoms with van der Waals surface area (Å²) in [5, 5.41) is 16.8. The number of anilines is 2. The van der Waals surface area contributed by atoms with Gasteiger partial charge in [-0.2, -0.15) is 4.98 Å². The molecule has 30 heavy (non-hydrogen) atoms. The average Bonchev–Trinajstić information content (AvgIpc) is 2.79. The number of phenols is 1. The third-order valence-electron chi connectivity index (χ3n) is 5.75. The first-order chi connectivity index (χ1) is 14.7. The molecule has 0 aliphatic heterocycles. The highest BCUT2D eigenvalue weighted by molar-refractivity contribution is 5.75. The lowest BCUT2D eigenvalue weighted by atomic mass is 9.86. The molecular formula is C24H29N5O. The van der Waals surface area contributed by atoms with E-state index in [0.717, 1.165) is 54.7 Å². The van der Waals surface area contributed by atoms with Crippen molar-refractivity contribution in [1.82, 2.24) is 9.97 Å². The molecule has 1 aromatic heterocycles. The quantitative estimate of drug-likeness (QED) is 0.467. The van der Waals surface area contributed by atoms with E-state index < -0.39 is 0 Å². The Morgan fingerprint density at radius 2 is 1.67 bits per heavy atom. The summed E-state index contributed by atoms with van der Waals surface area (Å²) in [4.78, 5) is 9.26. The van der Waals surface area contributed by atoms with Crippen LogP contribution in [0.2, 0.25) is 0 Å². The molecule has 0 unspecified atom stereocenters. The zero-order valence-electron chi connectivity index (χ0n) is 17.1. The van der Waals surface area contributed by atoms with Crippen molar-refractivity contribution in [2.45, 2.75) is 38.3 Å². The first kappa shape index (κ1) is 20.2. The van der Waals surface area contributed by atoms with Crippen LogP contribution in [0.5, 0.6) is 5.75 Å². The van der Waals surface area contributed by atoms with Gasteiger partial charge in [0.05, 0.1) is 0 Å². The summed E-state index contributed by atoms with van der Waals surface area (Å²) in [6.07, 6.45) is 6.34. The van der Waals surface area contributed by atoms with Gasteiger partial charge in [-0.1, -0.05) is 48.5 Å². The third kappa shape index (κ3) is 5.07. The number of para-hydroxylation sites is 1. The zero-order chi connectivity index (χ0) is 20.8. The molecule has 6 nitrogen and oxygen atoms in total. The Balaban J connectivity index is 1.51. The number of rotatable bonds is 7. The Morgan fingerprint density at radius 3 is 2.43 bits per heavy atom. The van der Waals surface area contributed by atoms with E-state index in [1.807, 2.05) is 42.6 Å². The fraction of sp³-hybridized carbons (Fsp3) is 0.333. The maximum Gasteiger partial charge on any atom is 0.224 e. The lowest BCUT2D eigenvalue weighted by Gasteiger charge is -2.26. The van der Waals surface area contributed by atoms with Crippen LogP contribution < -0.4 is 16.4 Å². The number of hydrogen-bond acceptors (Lipinski definition) is 6. The van der Waals surface area contributed by atoms with Crippen LogP contribution in [0, 0.1) is 5.92 Å². The smallest absolute Gasteiger partial charge is 0.224 e. The summed E-state index contributed by atoms with van der Waals surface area (Å²) >= 11 is 0. The maximum atomic E-state index is 9.98. The van der Waals surface area contributed by atoms with E-state index in [1.165, 1.54) is 0 Å². The number of aromatic hydroxyl groups is 1. The van der Waals surface area contributed by atoms with E-state index in [0.29, 0.717) is 24.5 Å². The minimum Gasteiger partial charge on any atom is -0.508 e. The molecule has 6 heteroatoms. The standard InChI is InChI=1S/C24H29N5O/c25-20-12-10-17(11-13-20)14-26-23-21(18-6-2-1-3-7-18)16-28-24(29-23)27-15-19-8-4-5-9-22(19)30/h1-9,16-17,20,30H,10-15,25H2,(H2,26,27,28,29). The van der Waals surface area contributed by atoms with E-state index >= 15 is 0 Å². The van der Waals surface area contributed by atoms with Crippen molar-refractivity contribution in [2.75, 3.05) is 17.2 Å². The van der Waals surface area contributed by atoms with Gasteiger partial charge in [-0.05, 0) is 43.2 Å². The zero-order valence-corrected chi connectivity index (χ0v) is 17.1. The van der Waals surface area contributed by atoms with Crippen LogP contribution in [0.3, 0.4) is 0 Å². The van der Waals surface area contributed by atoms with E-state index in [2.05, 4.69) is 27.8 Å². The molecule has 156 valence electrons. The summed E-state index contributed by atoms with van der Waals surface area (Å²) < 4.78 is 0. The van der Waals surface area contributed by atoms with E-state index in [-0.39, 0.29) is 5.75 Å². The normalized spacial score (nSPS) is 18.7. The largest absolute Gasteiger partial charge is 0.508 e. The third-order valence-corrected chi connectivity index (χ3v) is 5.75. The van der Waals surface area contributed by atoms with Crippen LogP contribution in [0.1, 0.15) is 31.2 Å². The van der Waals surface area contributed by atoms with Crippen molar-refractivity contribution in [3.8, 4) is 16.9 Å². The molecule has 4 rings (SSSR count). The van der Waals surface area contributed by atoms with Gasteiger partial charge in [0, 0.05) is 36.5 Å². The second-order valence-corrected chi connectivity index (χ2v) is 7.97. The monoisotopic (exact) mass is 403 g/mol. The van der Waals surface area contributed by atoms with Crippen LogP contribution in [-0.4, -0.2) is 27.7 Å². The number of nitrogens with zero attached hydrogens (tertiary/aromatic N) is 2. The van der Waals surface area contributed by atoms with Gasteiger partial charge in [-0.15, -0.1) is 0 Å². The molecule has 1 aliphatic rings. The molecule has 2 aromatic carbocycles. The molecule has 1 heterocycles. The molecular weight excluding hydrogens is 374 g/mol. The molecule has 0 radical (unpaired) electrons. The van der Waals surface area contributed by atoms with Crippen LogP contribution in [0.4, 0.5) is 11.8 Å². The summed E-state index contributed by atoms with van der Waals surface area (Å²) in [5.74, 6) is 2.23. The molecule has 1 fully saturated rings. The molecule has 3 aromatic rings. The van der Waals surface area contributed by atoms with E-state index in [9.17, 15) is 5.11 Å². The highest BCUT2D eigenvalue weighted by Gasteiger charge is 2.19. The molecule has 0 saturated heterocycles. The van der Waals surface area contributed by atoms with Crippen LogP contribution in [-0.2, 0) is 6.54 Å². The van der Waals surface area contributed by atoms with Gasteiger partial charge in [0.1, 0.15) is 11.6 Å². The fourth-order valence-corrected chi connectivity index (χ4v) is 3.90. The van der Waals surface area contributed by atoms with Crippen molar-refractivity contribution in [1.29, 1.82) is 0 Å². The van der Waals surface area contributed by atoms with E-state index in [4.69, 9.17) is 10.7 Å². The van der Waals surface area contributed by atoms with Gasteiger partial charge in [-0.25, -0.2) is 4.98 Å². The number of aromatic nitrogens is 2. The minimum absolute atomic E-state index is 0.264. The topological polar surface area (TPSA) is 96.1 Å². The minimum atomic E-state index is 0.264. The first-order valence-electron chi connectivity index (χ1n) is 10.6. The van der Waals surface area contributed by atoms with Gasteiger partial charge in [-0.3, -0.25) is 0 Å². The Labute approximate surface area is 177 Å². The molecule has 5 N–H and O–H groups in total. The van der Waals surface area contributed by atoms with E-state index in [1.54, 1.807) is 6.07 Å². The number of nitrogens with one attached hydrogen (secondary N) is 2. The van der Waals surface area contributed by atoms with Crippen molar-refractivity contribution < 1.29 is 5.11 Å². The highest BCUT2D eigenvalue weighted by atomic mass is 16.3. The lowest BCUT2D eigenvalue weighted by molar-refractivity contribution is 0.338. The van der Waals surface area contributed by atoms with Gasteiger partial charge in [0.25, 0.3) is 0 Å². The molecule has 1 aliphatic carbocycles. The van der Waals surface area contributed by atoms with Gasteiger partial charge >= 0.3 is 0 Å². The van der Waals surface area contributed by atoms with Gasteiger partial charge in [0.15, 0.2) is 0 Å². The SMILES string of the molecule is NC1CCC(CNc2nc(NCc3ccccc3O)ncc2-c2ccccc2)CC1. The second kappa shape index (κ2) is 9.59. The fourth-order valence-electron chi connectivity index (χ4n) is 3.90. The van der Waals surface area contributed by atoms with Crippen molar-refractivity contribution in [3.63, 3.8) is 0 Å². The predicted octanol–water partition coefficient (Wildman–Crippen LogP) is 4.39. The average molecular weight is 404 g/mol. The van der Waals surface area contributed by atoms with Crippen LogP contribution in [0.25, 0.3) is 11.1 Å². The Morgan fingerprint density at radius 1 is 0.933 bits per heavy atom. The van der Waals surface area contributed by atoms with Crippen molar-refractivity contribution >= 4 is 11.8 Å². The summed E-state index contributed by atoms with van der Waals surface area (Å²) in [5.41, 5.74) is 8.92. The summed E-state index contributed by atoms with van der Waals surface area (Å²) in [6, 6.07) is 17.8. The highest BCUT2D eigenvalue weighted by Crippen LogP contribution is 2.29. The lowest BCUT2D eigenvalue weighted by Crippen LogP contribution is -2.29. The molecule has 0 amide bonds. The maximum absolute atomic E-state index is 9.98. The predicted molar refractivity (Wildman–Crippen MR) is 121 cm³/mol. The molecule has 0 atom stereocenters. The Bertz CT molecular complexity index is 955. The van der Waals surface area contributed by atoms with Crippen molar-refractivity contribution in [2.24, 2.45) is 11.7 Å². The summed E-state index contributed by atoms with van der Waals surface area (Å²) in [6.45, 7) is 1.33. The van der Waals surface area contributed by atoms with Gasteiger partial charge in [0.2, 0.25) is 5.95 Å². The van der Waals surface area contributed by atoms with Crippen molar-refractivity contribution in [3.05, 3.63) is 66.4 Å². The Kier molecular flexibility index (Phi) is 6.44. The second-order valence-electron chi connectivity index (χ2n) is 7.97. The van der Waals surface area contributed by atoms with Crippen LogP contribution >= 0.6 is 0 Å². The first-order valence-corrected chi connectivity index (χ1v) is 10.6. The molecule has 0 bridgehead atoms. The molecule has 1 saturated carbocycles. The number of nitrogens with two attached hydrogens (primary N) is 1. The Hall–Kier alpha value is -3.12. The van der Waals surface area contributed by atoms with Crippen LogP contribution in [0.15, 0.2) is 60.8 Å². The number of phenolic OH excluding ortho intramolecular Hbond substituents is 1. The van der Waals surface area contributed by atoms with Gasteiger partial charge < -0.3 is 21.5 Å². The molecule has 0 spiro atoms. The number of hydrogen-bond donors (Lipinski definition) is 4.